The SMILES string of the molecule is C[C@@H](C(=O)NCc1ccc(-n2cnc3ccccc32)nc1)n1cncn1. The maximum atomic E-state index is 12.2. The average molecular weight is 347 g/mol. The van der Waals surface area contributed by atoms with Gasteiger partial charge >= 0.3 is 0 Å². The molecular weight excluding hydrogens is 330 g/mol. The highest BCUT2D eigenvalue weighted by Crippen LogP contribution is 2.16. The molecule has 0 aliphatic carbocycles. The van der Waals surface area contributed by atoms with Crippen LogP contribution in [0, 0.1) is 0 Å². The largest absolute Gasteiger partial charge is 0.350 e. The zero-order valence-electron chi connectivity index (χ0n) is 14.1. The zero-order chi connectivity index (χ0) is 17.9. The lowest BCUT2D eigenvalue weighted by Crippen LogP contribution is -2.30. The van der Waals surface area contributed by atoms with Crippen LogP contribution in [0.4, 0.5) is 0 Å². The van der Waals surface area contributed by atoms with E-state index < -0.39 is 6.04 Å². The first-order valence-corrected chi connectivity index (χ1v) is 8.21. The van der Waals surface area contributed by atoms with Crippen molar-refractivity contribution in [2.45, 2.75) is 19.5 Å². The number of amides is 1. The van der Waals surface area contributed by atoms with Crippen molar-refractivity contribution in [3.05, 3.63) is 67.1 Å². The van der Waals surface area contributed by atoms with Gasteiger partial charge in [-0.3, -0.25) is 9.36 Å². The summed E-state index contributed by atoms with van der Waals surface area (Å²) in [5.41, 5.74) is 2.84. The monoisotopic (exact) mass is 347 g/mol. The van der Waals surface area contributed by atoms with Crippen LogP contribution in [0.3, 0.4) is 0 Å². The van der Waals surface area contributed by atoms with Gasteiger partial charge in [0.15, 0.2) is 0 Å². The summed E-state index contributed by atoms with van der Waals surface area (Å²) in [6.45, 7) is 2.17. The average Bonchev–Trinajstić information content (AvgIpc) is 3.36. The summed E-state index contributed by atoms with van der Waals surface area (Å²) in [5, 5.41) is 6.87. The lowest BCUT2D eigenvalue weighted by molar-refractivity contribution is -0.124. The van der Waals surface area contributed by atoms with Crippen molar-refractivity contribution in [2.24, 2.45) is 0 Å². The van der Waals surface area contributed by atoms with Gasteiger partial charge in [-0.2, -0.15) is 5.10 Å². The van der Waals surface area contributed by atoms with E-state index in [1.807, 2.05) is 41.0 Å². The van der Waals surface area contributed by atoms with E-state index in [9.17, 15) is 4.79 Å². The molecule has 0 fully saturated rings. The molecule has 0 aliphatic rings. The molecule has 0 saturated carbocycles. The van der Waals surface area contributed by atoms with Crippen LogP contribution < -0.4 is 5.32 Å². The number of hydrogen-bond acceptors (Lipinski definition) is 5. The molecule has 1 atom stereocenters. The third kappa shape index (κ3) is 3.04. The van der Waals surface area contributed by atoms with Gasteiger partial charge < -0.3 is 5.32 Å². The number of fused-ring (bicyclic) bond motifs is 1. The molecule has 130 valence electrons. The Morgan fingerprint density at radius 1 is 1.15 bits per heavy atom. The van der Waals surface area contributed by atoms with Crippen molar-refractivity contribution in [2.75, 3.05) is 0 Å². The maximum Gasteiger partial charge on any atom is 0.244 e. The van der Waals surface area contributed by atoms with E-state index in [1.165, 1.54) is 17.3 Å². The molecule has 4 aromatic rings. The van der Waals surface area contributed by atoms with Gasteiger partial charge in [0.25, 0.3) is 0 Å². The molecule has 3 aromatic heterocycles. The number of aromatic nitrogens is 6. The zero-order valence-corrected chi connectivity index (χ0v) is 14.1. The Kier molecular flexibility index (Phi) is 4.14. The first kappa shape index (κ1) is 15.9. The van der Waals surface area contributed by atoms with Crippen molar-refractivity contribution in [3.8, 4) is 5.82 Å². The van der Waals surface area contributed by atoms with E-state index in [0.717, 1.165) is 22.4 Å². The first-order valence-electron chi connectivity index (χ1n) is 8.21. The summed E-state index contributed by atoms with van der Waals surface area (Å²) in [5.74, 6) is 0.657. The summed E-state index contributed by atoms with van der Waals surface area (Å²) < 4.78 is 3.45. The van der Waals surface area contributed by atoms with Gasteiger partial charge in [-0.15, -0.1) is 0 Å². The Bertz CT molecular complexity index is 1020. The third-order valence-electron chi connectivity index (χ3n) is 4.19. The molecule has 3 heterocycles. The van der Waals surface area contributed by atoms with Gasteiger partial charge in [0.05, 0.1) is 11.0 Å². The van der Waals surface area contributed by atoms with Gasteiger partial charge in [-0.1, -0.05) is 18.2 Å². The second-order valence-electron chi connectivity index (χ2n) is 5.90. The number of carbonyl (C=O) groups is 1. The van der Waals surface area contributed by atoms with E-state index in [0.29, 0.717) is 6.54 Å². The Labute approximate surface area is 149 Å². The minimum absolute atomic E-state index is 0.125. The standard InChI is InChI=1S/C18H17N7O/c1-13(25-11-19-10-23-25)18(26)21-9-14-6-7-17(20-8-14)24-12-22-15-4-2-3-5-16(15)24/h2-8,10-13H,9H2,1H3,(H,21,26)/t13-/m0/s1. The highest BCUT2D eigenvalue weighted by molar-refractivity contribution is 5.79. The van der Waals surface area contributed by atoms with Crippen molar-refractivity contribution in [1.82, 2.24) is 34.6 Å². The summed E-state index contributed by atoms with van der Waals surface area (Å²) >= 11 is 0. The summed E-state index contributed by atoms with van der Waals surface area (Å²) in [7, 11) is 0. The van der Waals surface area contributed by atoms with E-state index in [1.54, 1.807) is 19.4 Å². The predicted octanol–water partition coefficient (Wildman–Crippen LogP) is 1.89. The van der Waals surface area contributed by atoms with Crippen LogP contribution in [-0.4, -0.2) is 35.2 Å². The Morgan fingerprint density at radius 2 is 2.04 bits per heavy atom. The van der Waals surface area contributed by atoms with Gasteiger partial charge in [-0.25, -0.2) is 19.6 Å². The fraction of sp³-hybridized carbons (Fsp3) is 0.167. The molecule has 26 heavy (non-hydrogen) atoms. The van der Waals surface area contributed by atoms with Gasteiger partial charge in [0, 0.05) is 12.7 Å². The molecule has 8 heteroatoms. The number of imidazole rings is 1. The van der Waals surface area contributed by atoms with E-state index >= 15 is 0 Å². The molecule has 1 aromatic carbocycles. The van der Waals surface area contributed by atoms with Crippen molar-refractivity contribution in [3.63, 3.8) is 0 Å². The number of benzene rings is 1. The number of rotatable bonds is 5. The van der Waals surface area contributed by atoms with Crippen molar-refractivity contribution < 1.29 is 4.79 Å². The quantitative estimate of drug-likeness (QED) is 0.595. The number of nitrogens with zero attached hydrogens (tertiary/aromatic N) is 6. The summed E-state index contributed by atoms with van der Waals surface area (Å²) in [6, 6.07) is 11.3. The molecular formula is C18H17N7O. The van der Waals surface area contributed by atoms with E-state index in [2.05, 4.69) is 25.4 Å². The molecule has 4 rings (SSSR count). The second-order valence-corrected chi connectivity index (χ2v) is 5.90. The van der Waals surface area contributed by atoms with Gasteiger partial charge in [0.1, 0.15) is 30.8 Å². The van der Waals surface area contributed by atoms with Crippen molar-refractivity contribution in [1.29, 1.82) is 0 Å². The van der Waals surface area contributed by atoms with Crippen molar-refractivity contribution >= 4 is 16.9 Å². The molecule has 0 bridgehead atoms. The van der Waals surface area contributed by atoms with Crippen LogP contribution in [0.2, 0.25) is 0 Å². The van der Waals surface area contributed by atoms with Crippen LogP contribution >= 0.6 is 0 Å². The Balaban J connectivity index is 1.44. The normalized spacial score (nSPS) is 12.2. The van der Waals surface area contributed by atoms with Crippen LogP contribution in [0.1, 0.15) is 18.5 Å². The molecule has 0 radical (unpaired) electrons. The Hall–Kier alpha value is -3.55. The molecule has 0 unspecified atom stereocenters. The Morgan fingerprint density at radius 3 is 2.81 bits per heavy atom. The first-order chi connectivity index (χ1) is 12.7. The smallest absolute Gasteiger partial charge is 0.244 e. The second kappa shape index (κ2) is 6.75. The minimum atomic E-state index is -0.415. The minimum Gasteiger partial charge on any atom is -0.350 e. The fourth-order valence-electron chi connectivity index (χ4n) is 2.68. The third-order valence-corrected chi connectivity index (χ3v) is 4.19. The highest BCUT2D eigenvalue weighted by Gasteiger charge is 2.14. The summed E-state index contributed by atoms with van der Waals surface area (Å²) in [6.07, 6.45) is 6.45. The van der Waals surface area contributed by atoms with E-state index in [-0.39, 0.29) is 5.91 Å². The molecule has 8 nitrogen and oxygen atoms in total. The number of nitrogens with one attached hydrogen (secondary N) is 1. The lowest BCUT2D eigenvalue weighted by atomic mass is 10.2. The molecule has 0 saturated heterocycles. The molecule has 0 spiro atoms. The fourth-order valence-corrected chi connectivity index (χ4v) is 2.68. The van der Waals surface area contributed by atoms with Crippen LogP contribution in [0.15, 0.2) is 61.6 Å². The van der Waals surface area contributed by atoms with E-state index in [4.69, 9.17) is 0 Å². The number of para-hydroxylation sites is 2. The summed E-state index contributed by atoms with van der Waals surface area (Å²) in [4.78, 5) is 24.9. The number of pyridine rings is 1. The predicted molar refractivity (Wildman–Crippen MR) is 95.4 cm³/mol. The number of carbonyl (C=O) groups excluding carboxylic acids is 1. The van der Waals surface area contributed by atoms with Gasteiger partial charge in [0.2, 0.25) is 5.91 Å². The lowest BCUT2D eigenvalue weighted by Gasteiger charge is -2.12. The van der Waals surface area contributed by atoms with Gasteiger partial charge in [-0.05, 0) is 30.7 Å². The van der Waals surface area contributed by atoms with Crippen LogP contribution in [-0.2, 0) is 11.3 Å². The topological polar surface area (TPSA) is 90.5 Å². The molecule has 0 aliphatic heterocycles. The van der Waals surface area contributed by atoms with Crippen LogP contribution in [0.5, 0.6) is 0 Å². The molecule has 1 amide bonds. The maximum absolute atomic E-state index is 12.2. The molecule has 1 N–H and O–H groups in total. The number of hydrogen-bond donors (Lipinski definition) is 1. The highest BCUT2D eigenvalue weighted by atomic mass is 16.2. The van der Waals surface area contributed by atoms with Crippen LogP contribution in [0.25, 0.3) is 16.9 Å².